The Labute approximate surface area is 251 Å². The fourth-order valence-corrected chi connectivity index (χ4v) is 5.87. The van der Waals surface area contributed by atoms with E-state index < -0.39 is 35.7 Å². The summed E-state index contributed by atoms with van der Waals surface area (Å²) in [4.78, 5) is 35.9. The van der Waals surface area contributed by atoms with E-state index in [-0.39, 0.29) is 24.1 Å². The Morgan fingerprint density at radius 3 is 1.12 bits per heavy atom. The number of hydrogen-bond acceptors (Lipinski definition) is 3. The molecule has 0 aromatic rings. The van der Waals surface area contributed by atoms with Gasteiger partial charge in [-0.2, -0.15) is 0 Å². The second-order valence-corrected chi connectivity index (χ2v) is 12.3. The zero-order valence-corrected chi connectivity index (χ0v) is 27.0. The molecule has 0 saturated heterocycles. The highest BCUT2D eigenvalue weighted by molar-refractivity contribution is 5.71. The van der Waals surface area contributed by atoms with Gasteiger partial charge in [-0.25, -0.2) is 0 Å². The largest absolute Gasteiger partial charge is 0.481 e. The fraction of sp³-hybridized carbons (Fsp3) is 0.853. The van der Waals surface area contributed by atoms with Crippen molar-refractivity contribution < 1.29 is 34.2 Å². The highest BCUT2D eigenvalue weighted by atomic mass is 16.4. The Kier molecular flexibility index (Phi) is 23.5. The van der Waals surface area contributed by atoms with Crippen LogP contribution in [-0.4, -0.2) is 63.9 Å². The van der Waals surface area contributed by atoms with E-state index >= 15 is 0 Å². The van der Waals surface area contributed by atoms with Crippen LogP contribution in [0.3, 0.4) is 0 Å². The molecule has 7 nitrogen and oxygen atoms in total. The van der Waals surface area contributed by atoms with Crippen molar-refractivity contribution in [3.8, 4) is 0 Å². The summed E-state index contributed by atoms with van der Waals surface area (Å²) < 4.78 is 0.176. The molecule has 240 valence electrons. The molecule has 41 heavy (non-hydrogen) atoms. The van der Waals surface area contributed by atoms with Gasteiger partial charge in [0.15, 0.2) is 0 Å². The average Bonchev–Trinajstić information content (AvgIpc) is 2.94. The van der Waals surface area contributed by atoms with Crippen molar-refractivity contribution >= 4 is 17.9 Å². The molecule has 0 aromatic carbocycles. The molecule has 0 aliphatic rings. The van der Waals surface area contributed by atoms with Gasteiger partial charge in [0.05, 0.1) is 26.2 Å². The molecule has 0 spiro atoms. The van der Waals surface area contributed by atoms with Crippen LogP contribution < -0.4 is 0 Å². The summed E-state index contributed by atoms with van der Waals surface area (Å²) in [6.07, 6.45) is 24.8. The van der Waals surface area contributed by atoms with E-state index in [0.29, 0.717) is 25.8 Å². The van der Waals surface area contributed by atoms with Gasteiger partial charge in [-0.05, 0) is 38.2 Å². The van der Waals surface area contributed by atoms with Gasteiger partial charge in [-0.1, -0.05) is 117 Å². The van der Waals surface area contributed by atoms with E-state index in [4.69, 9.17) is 0 Å². The molecule has 0 aliphatic heterocycles. The number of unbranched alkanes of at least 4 members (excludes halogenated alkanes) is 14. The Balaban J connectivity index is 4.87. The lowest BCUT2D eigenvalue weighted by Gasteiger charge is -2.42. The summed E-state index contributed by atoms with van der Waals surface area (Å²) in [6, 6.07) is 0. The van der Waals surface area contributed by atoms with Crippen LogP contribution in [0.5, 0.6) is 0 Å². The summed E-state index contributed by atoms with van der Waals surface area (Å²) >= 11 is 0. The van der Waals surface area contributed by atoms with E-state index in [9.17, 15) is 29.7 Å². The third kappa shape index (κ3) is 19.0. The monoisotopic (exact) mass is 582 g/mol. The third-order valence-electron chi connectivity index (χ3n) is 8.73. The van der Waals surface area contributed by atoms with Gasteiger partial charge in [-0.3, -0.25) is 14.4 Å². The lowest BCUT2D eigenvalue weighted by molar-refractivity contribution is -0.929. The number of aliphatic carboxylic acids is 3. The zero-order chi connectivity index (χ0) is 30.9. The zero-order valence-electron chi connectivity index (χ0n) is 27.0. The van der Waals surface area contributed by atoms with Gasteiger partial charge in [0.25, 0.3) is 0 Å². The molecule has 3 N–H and O–H groups in total. The van der Waals surface area contributed by atoms with Crippen LogP contribution in [0.15, 0.2) is 12.2 Å². The number of allylic oxidation sites excluding steroid dienone is 1. The summed E-state index contributed by atoms with van der Waals surface area (Å²) in [5, 5.41) is 29.4. The second kappa shape index (κ2) is 24.7. The molecule has 3 atom stereocenters. The number of hydrogen-bond donors (Lipinski definition) is 3. The molecule has 0 amide bonds. The summed E-state index contributed by atoms with van der Waals surface area (Å²) in [5.74, 6) is -4.67. The SMILES string of the molecule is CCCCCCCCCCCCCCCC/C=C/C[N+](CC(CC)C(=O)O)(CC(CC)C(=O)O)CC(CC)C(=O)O. The highest BCUT2D eigenvalue weighted by Crippen LogP contribution is 2.24. The first-order valence-corrected chi connectivity index (χ1v) is 16.8. The number of rotatable bonds is 29. The smallest absolute Gasteiger partial charge is 0.312 e. The van der Waals surface area contributed by atoms with Gasteiger partial charge in [-0.15, -0.1) is 0 Å². The summed E-state index contributed by atoms with van der Waals surface area (Å²) in [6.45, 7) is 8.89. The van der Waals surface area contributed by atoms with Crippen LogP contribution in [0.4, 0.5) is 0 Å². The minimum absolute atomic E-state index is 0.176. The number of carboxylic acids is 3. The van der Waals surface area contributed by atoms with Crippen molar-refractivity contribution in [2.45, 2.75) is 143 Å². The molecule has 0 heterocycles. The molecular weight excluding hydrogens is 518 g/mol. The van der Waals surface area contributed by atoms with E-state index in [2.05, 4.69) is 13.0 Å². The molecular formula is C34H64NO6+. The quantitative estimate of drug-likeness (QED) is 0.0463. The Bertz CT molecular complexity index is 662. The van der Waals surface area contributed by atoms with Gasteiger partial charge >= 0.3 is 17.9 Å². The number of nitrogens with zero attached hydrogens (tertiary/aromatic N) is 1. The van der Waals surface area contributed by atoms with E-state index in [1.807, 2.05) is 26.8 Å². The maximum atomic E-state index is 12.0. The topological polar surface area (TPSA) is 112 Å². The van der Waals surface area contributed by atoms with Gasteiger partial charge < -0.3 is 19.8 Å². The number of quaternary nitrogens is 1. The van der Waals surface area contributed by atoms with Crippen LogP contribution >= 0.6 is 0 Å². The summed E-state index contributed by atoms with van der Waals surface area (Å²) in [5.41, 5.74) is 0. The van der Waals surface area contributed by atoms with Gasteiger partial charge in [0, 0.05) is 0 Å². The molecule has 0 bridgehead atoms. The minimum atomic E-state index is -0.909. The molecule has 0 radical (unpaired) electrons. The van der Waals surface area contributed by atoms with Crippen LogP contribution in [0.1, 0.15) is 143 Å². The Morgan fingerprint density at radius 1 is 0.512 bits per heavy atom. The van der Waals surface area contributed by atoms with Crippen molar-refractivity contribution in [3.05, 3.63) is 12.2 Å². The molecule has 3 unspecified atom stereocenters. The van der Waals surface area contributed by atoms with Crippen LogP contribution in [0.25, 0.3) is 0 Å². The van der Waals surface area contributed by atoms with Crippen LogP contribution in [0.2, 0.25) is 0 Å². The molecule has 0 fully saturated rings. The Hall–Kier alpha value is -1.89. The number of carbonyl (C=O) groups is 3. The summed E-state index contributed by atoms with van der Waals surface area (Å²) in [7, 11) is 0. The fourth-order valence-electron chi connectivity index (χ4n) is 5.87. The first-order chi connectivity index (χ1) is 19.7. The normalized spacial score (nSPS) is 15.4. The standard InChI is InChI=1S/C34H63NO6/c1-5-9-10-11-12-13-14-15-16-17-18-19-20-21-22-23-24-25-35(26-29(6-2)32(36)37,27-30(7-3)33(38)39)28-31(8-4)34(40)41/h23-24,29-31H,5-22,25-28H2,1-4H3,(H2-,36,37,38,39,40,41)/p+1/b24-23+. The highest BCUT2D eigenvalue weighted by Gasteiger charge is 2.39. The first kappa shape index (κ1) is 39.1. The van der Waals surface area contributed by atoms with E-state index in [0.717, 1.165) is 12.8 Å². The lowest BCUT2D eigenvalue weighted by atomic mass is 9.96. The van der Waals surface area contributed by atoms with Crippen molar-refractivity contribution in [2.75, 3.05) is 26.2 Å². The van der Waals surface area contributed by atoms with Crippen molar-refractivity contribution in [3.63, 3.8) is 0 Å². The molecule has 0 rings (SSSR count). The van der Waals surface area contributed by atoms with Crippen molar-refractivity contribution in [1.29, 1.82) is 0 Å². The molecule has 7 heteroatoms. The van der Waals surface area contributed by atoms with Crippen LogP contribution in [0, 0.1) is 17.8 Å². The minimum Gasteiger partial charge on any atom is -0.481 e. The van der Waals surface area contributed by atoms with Gasteiger partial charge in [0.2, 0.25) is 0 Å². The average molecular weight is 583 g/mol. The predicted molar refractivity (Wildman–Crippen MR) is 168 cm³/mol. The van der Waals surface area contributed by atoms with E-state index in [1.54, 1.807) is 0 Å². The number of carboxylic acid groups (broad SMARTS) is 3. The molecule has 0 aromatic heterocycles. The predicted octanol–water partition coefficient (Wildman–Crippen LogP) is 8.56. The van der Waals surface area contributed by atoms with Crippen LogP contribution in [-0.2, 0) is 14.4 Å². The molecule has 0 aliphatic carbocycles. The lowest BCUT2D eigenvalue weighted by Crippen LogP contribution is -2.58. The first-order valence-electron chi connectivity index (χ1n) is 16.8. The van der Waals surface area contributed by atoms with Crippen molar-refractivity contribution in [1.82, 2.24) is 0 Å². The maximum Gasteiger partial charge on any atom is 0.312 e. The van der Waals surface area contributed by atoms with E-state index in [1.165, 1.54) is 83.5 Å². The molecule has 0 saturated carbocycles. The third-order valence-corrected chi connectivity index (χ3v) is 8.73. The maximum absolute atomic E-state index is 12.0. The van der Waals surface area contributed by atoms with Gasteiger partial charge in [0.1, 0.15) is 17.8 Å². The second-order valence-electron chi connectivity index (χ2n) is 12.3. The Morgan fingerprint density at radius 2 is 0.829 bits per heavy atom. The van der Waals surface area contributed by atoms with Crippen molar-refractivity contribution in [2.24, 2.45) is 17.8 Å².